The number of ether oxygens (including phenoxy) is 3. The molecule has 1 atom stereocenters. The number of anilines is 1. The highest BCUT2D eigenvalue weighted by Crippen LogP contribution is 2.32. The highest BCUT2D eigenvalue weighted by Gasteiger charge is 2.33. The molecule has 0 aliphatic carbocycles. The van der Waals surface area contributed by atoms with E-state index in [2.05, 4.69) is 4.99 Å². The van der Waals surface area contributed by atoms with Gasteiger partial charge in [-0.1, -0.05) is 29.5 Å². The number of rotatable bonds is 11. The van der Waals surface area contributed by atoms with E-state index < -0.39 is 12.0 Å². The molecule has 2 heterocycles. The highest BCUT2D eigenvalue weighted by molar-refractivity contribution is 7.07. The van der Waals surface area contributed by atoms with Crippen LogP contribution < -0.4 is 29.3 Å². The Bertz CT molecular complexity index is 1980. The van der Waals surface area contributed by atoms with Crippen molar-refractivity contribution in [2.45, 2.75) is 33.4 Å². The van der Waals surface area contributed by atoms with Crippen LogP contribution >= 0.6 is 11.3 Å². The average Bonchev–Trinajstić information content (AvgIpc) is 3.34. The number of carbonyl (C=O) groups excluding carboxylic acids is 1. The number of allylic oxidation sites excluding steroid dienone is 1. The minimum atomic E-state index is -0.702. The summed E-state index contributed by atoms with van der Waals surface area (Å²) in [5.41, 5.74) is 3.95. The van der Waals surface area contributed by atoms with Gasteiger partial charge in [-0.15, -0.1) is 0 Å². The number of thiazole rings is 1. The van der Waals surface area contributed by atoms with Gasteiger partial charge in [-0.05, 0) is 79.9 Å². The molecule has 1 aliphatic rings. The molecule has 0 amide bonds. The third-order valence-corrected chi connectivity index (χ3v) is 8.34. The molecule has 0 radical (unpaired) electrons. The fourth-order valence-corrected chi connectivity index (χ4v) is 6.14. The van der Waals surface area contributed by atoms with Gasteiger partial charge in [-0.25, -0.2) is 15.0 Å². The van der Waals surface area contributed by atoms with Crippen molar-refractivity contribution >= 4 is 34.8 Å². The average molecular weight is 644 g/mol. The summed E-state index contributed by atoms with van der Waals surface area (Å²) >= 11 is 1.25. The maximum Gasteiger partial charge on any atom is 0.338 e. The Morgan fingerprint density at radius 3 is 2.37 bits per heavy atom. The molecule has 0 spiro atoms. The molecule has 238 valence electrons. The van der Waals surface area contributed by atoms with Gasteiger partial charge in [-0.2, -0.15) is 0 Å². The Kier molecular flexibility index (Phi) is 9.67. The van der Waals surface area contributed by atoms with Gasteiger partial charge in [-0.3, -0.25) is 9.36 Å². The van der Waals surface area contributed by atoms with E-state index in [0.717, 1.165) is 22.4 Å². The molecule has 4 aromatic rings. The van der Waals surface area contributed by atoms with Crippen LogP contribution in [0.4, 0.5) is 11.4 Å². The van der Waals surface area contributed by atoms with Crippen molar-refractivity contribution in [1.82, 2.24) is 4.57 Å². The van der Waals surface area contributed by atoms with E-state index in [0.29, 0.717) is 38.7 Å². The summed E-state index contributed by atoms with van der Waals surface area (Å²) in [4.78, 5) is 45.2. The van der Waals surface area contributed by atoms with Gasteiger partial charge in [0.25, 0.3) is 10.5 Å². The van der Waals surface area contributed by atoms with E-state index >= 15 is 0 Å². The van der Waals surface area contributed by atoms with Crippen molar-refractivity contribution in [2.24, 2.45) is 4.99 Å². The van der Waals surface area contributed by atoms with Crippen LogP contribution in [0.5, 0.6) is 11.5 Å². The van der Waals surface area contributed by atoms with Gasteiger partial charge in [0, 0.05) is 31.9 Å². The van der Waals surface area contributed by atoms with Gasteiger partial charge < -0.3 is 19.1 Å². The number of nitrogens with zero attached hydrogens (tertiary/aromatic N) is 4. The molecule has 1 aromatic heterocycles. The molecule has 1 aliphatic heterocycles. The smallest absolute Gasteiger partial charge is 0.338 e. The molecular weight excluding hydrogens is 608 g/mol. The lowest BCUT2D eigenvalue weighted by molar-refractivity contribution is -0.729. The lowest BCUT2D eigenvalue weighted by atomic mass is 9.95. The molecule has 11 nitrogen and oxygen atoms in total. The largest absolute Gasteiger partial charge is 0.490 e. The van der Waals surface area contributed by atoms with Crippen LogP contribution in [0.3, 0.4) is 0 Å². The van der Waals surface area contributed by atoms with Crippen molar-refractivity contribution in [3.63, 3.8) is 0 Å². The summed E-state index contributed by atoms with van der Waals surface area (Å²) in [5.74, 6) is 0.502. The summed E-state index contributed by atoms with van der Waals surface area (Å²) in [6.07, 6.45) is 1.77. The normalized spacial score (nSPS) is 14.4. The third kappa shape index (κ3) is 6.71. The van der Waals surface area contributed by atoms with Crippen LogP contribution in [0.2, 0.25) is 0 Å². The first kappa shape index (κ1) is 32.2. The van der Waals surface area contributed by atoms with E-state index in [4.69, 9.17) is 19.4 Å². The van der Waals surface area contributed by atoms with Gasteiger partial charge in [0.2, 0.25) is 0 Å². The number of esters is 1. The fraction of sp³-hybridized carbons (Fsp3) is 0.265. The standard InChI is InChI=1S/C34H35N4O7S/c1-6-43-28-18-23(10-17-27(28)45-20-22-8-13-26(14-9-22)38(41)42)19-29-32(39)37-31(24-11-15-25(16-12-24)36(4)5)30(33(40)44-7-2)21(3)35-34(37)46-29/h8-19,31H,6-7,20H2,1-5H3,(H,41,42)/q+1/b29-19-. The number of hydrogen-bond acceptors (Lipinski definition) is 9. The van der Waals surface area contributed by atoms with Crippen LogP contribution in [-0.2, 0) is 16.1 Å². The summed E-state index contributed by atoms with van der Waals surface area (Å²) in [7, 11) is 3.89. The molecule has 0 saturated heterocycles. The summed E-state index contributed by atoms with van der Waals surface area (Å²) in [5, 5.41) is 9.05. The number of benzene rings is 3. The topological polar surface area (TPSA) is 123 Å². The molecule has 0 saturated carbocycles. The zero-order valence-electron chi connectivity index (χ0n) is 26.2. The second-order valence-corrected chi connectivity index (χ2v) is 11.7. The molecule has 1 unspecified atom stereocenters. The van der Waals surface area contributed by atoms with E-state index in [1.165, 1.54) is 23.5 Å². The second kappa shape index (κ2) is 13.8. The molecule has 3 aromatic carbocycles. The number of hydrogen-bond donors (Lipinski definition) is 1. The predicted octanol–water partition coefficient (Wildman–Crippen LogP) is 4.64. The molecule has 0 fully saturated rings. The van der Waals surface area contributed by atoms with Crippen LogP contribution in [0.25, 0.3) is 6.08 Å². The van der Waals surface area contributed by atoms with Crippen molar-refractivity contribution in [3.05, 3.63) is 119 Å². The van der Waals surface area contributed by atoms with Gasteiger partial charge >= 0.3 is 11.7 Å². The maximum absolute atomic E-state index is 14.0. The quantitative estimate of drug-likeness (QED) is 0.185. The summed E-state index contributed by atoms with van der Waals surface area (Å²) in [6.45, 7) is 6.18. The van der Waals surface area contributed by atoms with Crippen LogP contribution in [0.15, 0.2) is 87.8 Å². The van der Waals surface area contributed by atoms with Crippen LogP contribution in [-0.4, -0.2) is 48.0 Å². The minimum Gasteiger partial charge on any atom is -0.490 e. The Labute approximate surface area is 269 Å². The Balaban J connectivity index is 1.52. The van der Waals surface area contributed by atoms with Gasteiger partial charge in [0.1, 0.15) is 6.61 Å². The van der Waals surface area contributed by atoms with E-state index in [9.17, 15) is 14.5 Å². The number of aromatic nitrogens is 1. The van der Waals surface area contributed by atoms with Crippen LogP contribution in [0, 0.1) is 4.91 Å². The summed E-state index contributed by atoms with van der Waals surface area (Å²) in [6, 6.07) is 18.8. The van der Waals surface area contributed by atoms with Crippen LogP contribution in [0.1, 0.15) is 43.5 Å². The van der Waals surface area contributed by atoms with Gasteiger partial charge in [0.05, 0.1) is 40.0 Å². The predicted molar refractivity (Wildman–Crippen MR) is 175 cm³/mol. The fourth-order valence-electron chi connectivity index (χ4n) is 5.10. The molecular formula is C34H35N4O7S+. The van der Waals surface area contributed by atoms with Crippen molar-refractivity contribution in [1.29, 1.82) is 0 Å². The highest BCUT2D eigenvalue weighted by atomic mass is 32.1. The Morgan fingerprint density at radius 1 is 1.02 bits per heavy atom. The molecule has 0 bridgehead atoms. The zero-order valence-corrected chi connectivity index (χ0v) is 27.0. The Morgan fingerprint density at radius 2 is 1.74 bits per heavy atom. The van der Waals surface area contributed by atoms with Crippen molar-refractivity contribution < 1.29 is 29.1 Å². The van der Waals surface area contributed by atoms with E-state index in [1.807, 2.05) is 56.3 Å². The summed E-state index contributed by atoms with van der Waals surface area (Å²) < 4.78 is 19.3. The molecule has 1 N–H and O–H groups in total. The first-order chi connectivity index (χ1) is 22.1. The molecule has 5 rings (SSSR count). The minimum absolute atomic E-state index is 0.120. The zero-order chi connectivity index (χ0) is 33.0. The second-order valence-electron chi connectivity index (χ2n) is 10.7. The number of carbonyl (C=O) groups is 1. The first-order valence-corrected chi connectivity index (χ1v) is 15.5. The Hall–Kier alpha value is -5.23. The van der Waals surface area contributed by atoms with E-state index in [1.54, 1.807) is 48.8 Å². The van der Waals surface area contributed by atoms with Gasteiger partial charge in [0.15, 0.2) is 16.3 Å². The molecule has 12 heteroatoms. The first-order valence-electron chi connectivity index (χ1n) is 14.7. The van der Waals surface area contributed by atoms with Crippen molar-refractivity contribution in [2.75, 3.05) is 32.2 Å². The maximum atomic E-state index is 14.0. The van der Waals surface area contributed by atoms with Crippen molar-refractivity contribution in [3.8, 4) is 11.5 Å². The lowest BCUT2D eigenvalue weighted by Crippen LogP contribution is -2.39. The number of fused-ring (bicyclic) bond motifs is 1. The van der Waals surface area contributed by atoms with E-state index in [-0.39, 0.29) is 29.4 Å². The molecule has 46 heavy (non-hydrogen) atoms. The monoisotopic (exact) mass is 643 g/mol. The third-order valence-electron chi connectivity index (χ3n) is 7.36. The SMILES string of the molecule is CCOC(=O)C1=C(C)N=c2s/c(=C\c3ccc(OCc4ccc([N+](=O)O)cc4)c(OCC)c3)c(=O)n2C1c1ccc(N(C)C)cc1. The lowest BCUT2D eigenvalue weighted by Gasteiger charge is -2.25.